The largest absolute Gasteiger partial charge is 0.341 e. The molecule has 0 spiro atoms. The van der Waals surface area contributed by atoms with E-state index in [0.717, 1.165) is 25.9 Å². The van der Waals surface area contributed by atoms with Gasteiger partial charge in [0.25, 0.3) is 0 Å². The van der Waals surface area contributed by atoms with Gasteiger partial charge in [-0.25, -0.2) is 0 Å². The highest BCUT2D eigenvalue weighted by Crippen LogP contribution is 2.52. The van der Waals surface area contributed by atoms with Crippen LogP contribution in [0.2, 0.25) is 0 Å². The number of rotatable bonds is 1. The molecule has 2 atom stereocenters. The molecule has 1 heterocycles. The normalized spacial score (nSPS) is 36.4. The second-order valence-corrected chi connectivity index (χ2v) is 5.08. The Morgan fingerprint density at radius 1 is 1.54 bits per heavy atom. The highest BCUT2D eigenvalue weighted by atomic mass is 16.2. The van der Waals surface area contributed by atoms with E-state index >= 15 is 0 Å². The van der Waals surface area contributed by atoms with Crippen molar-refractivity contribution in [1.82, 2.24) is 4.90 Å². The van der Waals surface area contributed by atoms with Gasteiger partial charge in [-0.15, -0.1) is 0 Å². The summed E-state index contributed by atoms with van der Waals surface area (Å²) in [6, 6.07) is 0.214. The highest BCUT2D eigenvalue weighted by Gasteiger charge is 2.52. The third-order valence-corrected chi connectivity index (χ3v) is 3.35. The van der Waals surface area contributed by atoms with Crippen molar-refractivity contribution in [3.05, 3.63) is 0 Å². The van der Waals surface area contributed by atoms with Crippen molar-refractivity contribution in [1.29, 1.82) is 0 Å². The molecular formula is C10H18N2O. The summed E-state index contributed by atoms with van der Waals surface area (Å²) in [5.41, 5.74) is 6.01. The summed E-state index contributed by atoms with van der Waals surface area (Å²) >= 11 is 0. The Kier molecular flexibility index (Phi) is 1.88. The fourth-order valence-corrected chi connectivity index (χ4v) is 2.10. The summed E-state index contributed by atoms with van der Waals surface area (Å²) in [7, 11) is 0. The maximum absolute atomic E-state index is 11.8. The molecule has 0 aromatic heterocycles. The number of carbonyl (C=O) groups is 1. The molecule has 13 heavy (non-hydrogen) atoms. The Hall–Kier alpha value is -0.570. The summed E-state index contributed by atoms with van der Waals surface area (Å²) in [6.45, 7) is 5.95. The predicted octanol–water partition coefficient (Wildman–Crippen LogP) is 0.592. The minimum absolute atomic E-state index is 0.214. The van der Waals surface area contributed by atoms with Gasteiger partial charge in [0.05, 0.1) is 0 Å². The number of likely N-dealkylation sites (tertiary alicyclic amines) is 1. The highest BCUT2D eigenvalue weighted by molar-refractivity contribution is 5.82. The van der Waals surface area contributed by atoms with Crippen LogP contribution < -0.4 is 5.73 Å². The van der Waals surface area contributed by atoms with E-state index in [4.69, 9.17) is 5.73 Å². The Bertz CT molecular complexity index is 237. The van der Waals surface area contributed by atoms with E-state index in [0.29, 0.717) is 5.91 Å². The third-order valence-electron chi connectivity index (χ3n) is 3.35. The van der Waals surface area contributed by atoms with E-state index in [2.05, 4.69) is 13.8 Å². The molecule has 2 N–H and O–H groups in total. The standard InChI is InChI=1S/C10H18N2O/c1-10(2)5-8(10)9(13)12-4-3-7(11)6-12/h7-8H,3-6,11H2,1-2H3/t7-,8?/m0/s1. The average molecular weight is 182 g/mol. The molecule has 2 aliphatic rings. The monoisotopic (exact) mass is 182 g/mol. The number of amides is 1. The lowest BCUT2D eigenvalue weighted by Gasteiger charge is -2.16. The van der Waals surface area contributed by atoms with E-state index in [9.17, 15) is 4.79 Å². The second-order valence-electron chi connectivity index (χ2n) is 5.08. The lowest BCUT2D eigenvalue weighted by molar-refractivity contribution is -0.132. The fourth-order valence-electron chi connectivity index (χ4n) is 2.10. The van der Waals surface area contributed by atoms with Gasteiger partial charge < -0.3 is 10.6 Å². The molecule has 0 radical (unpaired) electrons. The molecule has 1 aliphatic carbocycles. The molecule has 2 rings (SSSR count). The minimum Gasteiger partial charge on any atom is -0.341 e. The van der Waals surface area contributed by atoms with Crippen LogP contribution in [0.25, 0.3) is 0 Å². The fraction of sp³-hybridized carbons (Fsp3) is 0.900. The predicted molar refractivity (Wildman–Crippen MR) is 51.1 cm³/mol. The van der Waals surface area contributed by atoms with Crippen molar-refractivity contribution >= 4 is 5.91 Å². The third kappa shape index (κ3) is 1.57. The Morgan fingerprint density at radius 3 is 2.54 bits per heavy atom. The molecule has 2 fully saturated rings. The van der Waals surface area contributed by atoms with Gasteiger partial charge in [0.1, 0.15) is 0 Å². The molecule has 1 unspecified atom stereocenters. The first-order valence-corrected chi connectivity index (χ1v) is 5.05. The molecule has 1 amide bonds. The molecule has 74 valence electrons. The van der Waals surface area contributed by atoms with Crippen LogP contribution in [0.15, 0.2) is 0 Å². The van der Waals surface area contributed by atoms with E-state index < -0.39 is 0 Å². The average Bonchev–Trinajstić information content (AvgIpc) is 2.47. The quantitative estimate of drug-likeness (QED) is 0.645. The van der Waals surface area contributed by atoms with Crippen LogP contribution in [-0.2, 0) is 4.79 Å². The molecule has 0 aromatic carbocycles. The van der Waals surface area contributed by atoms with Gasteiger partial charge in [0, 0.05) is 25.0 Å². The zero-order valence-corrected chi connectivity index (χ0v) is 8.42. The topological polar surface area (TPSA) is 46.3 Å². The van der Waals surface area contributed by atoms with Crippen LogP contribution in [0.1, 0.15) is 26.7 Å². The lowest BCUT2D eigenvalue weighted by atomic mass is 10.1. The van der Waals surface area contributed by atoms with Crippen molar-refractivity contribution in [2.45, 2.75) is 32.7 Å². The molecule has 3 heteroatoms. The van der Waals surface area contributed by atoms with E-state index in [1.54, 1.807) is 0 Å². The van der Waals surface area contributed by atoms with Gasteiger partial charge in [0.2, 0.25) is 5.91 Å². The summed E-state index contributed by atoms with van der Waals surface area (Å²) in [5.74, 6) is 0.607. The molecule has 1 saturated carbocycles. The first kappa shape index (κ1) is 9.00. The van der Waals surface area contributed by atoms with Gasteiger partial charge >= 0.3 is 0 Å². The van der Waals surface area contributed by atoms with Crippen molar-refractivity contribution in [3.8, 4) is 0 Å². The number of nitrogens with zero attached hydrogens (tertiary/aromatic N) is 1. The summed E-state index contributed by atoms with van der Waals surface area (Å²) in [6.07, 6.45) is 2.02. The molecule has 0 aromatic rings. The Balaban J connectivity index is 1.92. The maximum atomic E-state index is 11.8. The van der Waals surface area contributed by atoms with Crippen LogP contribution >= 0.6 is 0 Å². The van der Waals surface area contributed by atoms with Gasteiger partial charge in [-0.05, 0) is 18.3 Å². The van der Waals surface area contributed by atoms with Crippen molar-refractivity contribution in [2.24, 2.45) is 17.1 Å². The van der Waals surface area contributed by atoms with Crippen LogP contribution in [0.3, 0.4) is 0 Å². The van der Waals surface area contributed by atoms with Crippen LogP contribution in [0.4, 0.5) is 0 Å². The Labute approximate surface area is 79.3 Å². The van der Waals surface area contributed by atoms with Gasteiger partial charge in [-0.3, -0.25) is 4.79 Å². The SMILES string of the molecule is CC1(C)CC1C(=O)N1CC[C@H](N)C1. The van der Waals surface area contributed by atoms with Crippen molar-refractivity contribution in [3.63, 3.8) is 0 Å². The number of nitrogens with two attached hydrogens (primary N) is 1. The molecule has 1 aliphatic heterocycles. The molecule has 0 bridgehead atoms. The van der Waals surface area contributed by atoms with Crippen LogP contribution in [0, 0.1) is 11.3 Å². The van der Waals surface area contributed by atoms with Crippen LogP contribution in [0.5, 0.6) is 0 Å². The van der Waals surface area contributed by atoms with E-state index in [1.165, 1.54) is 0 Å². The van der Waals surface area contributed by atoms with Gasteiger partial charge in [0.15, 0.2) is 0 Å². The summed E-state index contributed by atoms with van der Waals surface area (Å²) in [4.78, 5) is 13.8. The van der Waals surface area contributed by atoms with Crippen molar-refractivity contribution < 1.29 is 4.79 Å². The minimum atomic E-state index is 0.214. The van der Waals surface area contributed by atoms with Crippen LogP contribution in [-0.4, -0.2) is 29.9 Å². The zero-order valence-electron chi connectivity index (χ0n) is 8.42. The molecule has 3 nitrogen and oxygen atoms in total. The number of hydrogen-bond donors (Lipinski definition) is 1. The first-order valence-electron chi connectivity index (χ1n) is 5.05. The summed E-state index contributed by atoms with van der Waals surface area (Å²) in [5, 5.41) is 0. The van der Waals surface area contributed by atoms with E-state index in [-0.39, 0.29) is 17.4 Å². The first-order chi connectivity index (χ1) is 6.00. The van der Waals surface area contributed by atoms with Crippen molar-refractivity contribution in [2.75, 3.05) is 13.1 Å². The van der Waals surface area contributed by atoms with Gasteiger partial charge in [-0.2, -0.15) is 0 Å². The molecular weight excluding hydrogens is 164 g/mol. The second kappa shape index (κ2) is 2.71. The lowest BCUT2D eigenvalue weighted by Crippen LogP contribution is -2.33. The summed E-state index contributed by atoms with van der Waals surface area (Å²) < 4.78 is 0. The smallest absolute Gasteiger partial charge is 0.226 e. The van der Waals surface area contributed by atoms with E-state index in [1.807, 2.05) is 4.90 Å². The number of hydrogen-bond acceptors (Lipinski definition) is 2. The zero-order chi connectivity index (χ0) is 9.64. The van der Waals surface area contributed by atoms with Gasteiger partial charge in [-0.1, -0.05) is 13.8 Å². The maximum Gasteiger partial charge on any atom is 0.226 e. The molecule has 1 saturated heterocycles. The Morgan fingerprint density at radius 2 is 2.15 bits per heavy atom. The number of carbonyl (C=O) groups excluding carboxylic acids is 1.